The highest BCUT2D eigenvalue weighted by atomic mass is 79.9. The minimum atomic E-state index is -0.976. The molecule has 0 aliphatic rings. The quantitative estimate of drug-likeness (QED) is 0.590. The van der Waals surface area contributed by atoms with E-state index in [-0.39, 0.29) is 12.2 Å². The number of rotatable bonds is 6. The molecular weight excluding hydrogens is 364 g/mol. The second kappa shape index (κ2) is 7.61. The summed E-state index contributed by atoms with van der Waals surface area (Å²) in [5, 5.41) is 8.56. The normalized spacial score (nSPS) is 11.9. The van der Waals surface area contributed by atoms with Crippen molar-refractivity contribution in [3.8, 4) is 0 Å². The number of carbonyl (C=O) groups excluding carboxylic acids is 1. The Kier molecular flexibility index (Phi) is 5.80. The van der Waals surface area contributed by atoms with Crippen molar-refractivity contribution in [1.82, 2.24) is 0 Å². The van der Waals surface area contributed by atoms with Crippen LogP contribution in [0.2, 0.25) is 0 Å². The molecule has 1 N–H and O–H groups in total. The van der Waals surface area contributed by atoms with Crippen LogP contribution in [0.25, 0.3) is 0 Å². The fraction of sp³-hybridized carbons (Fsp3) is 0.176. The van der Waals surface area contributed by atoms with Crippen molar-refractivity contribution >= 4 is 39.4 Å². The maximum absolute atomic E-state index is 12.2. The van der Waals surface area contributed by atoms with Crippen molar-refractivity contribution in [1.29, 1.82) is 0 Å². The number of benzene rings is 2. The molecule has 0 saturated carbocycles. The van der Waals surface area contributed by atoms with Gasteiger partial charge in [0.1, 0.15) is 5.25 Å². The molecule has 22 heavy (non-hydrogen) atoms. The number of carboxylic acids is 1. The number of carboxylic acid groups (broad SMARTS) is 1. The molecule has 2 aromatic rings. The highest BCUT2D eigenvalue weighted by Gasteiger charge is 2.23. The lowest BCUT2D eigenvalue weighted by atomic mass is 10.1. The molecule has 0 fully saturated rings. The first-order chi connectivity index (χ1) is 10.5. The summed E-state index contributed by atoms with van der Waals surface area (Å²) in [7, 11) is 0. The SMILES string of the molecule is Cc1ccc(S[C@H](CC(=O)c2ccc(Br)cc2)C(=O)O)cc1. The van der Waals surface area contributed by atoms with E-state index in [1.54, 1.807) is 24.3 Å². The molecule has 0 bridgehead atoms. The second-order valence-electron chi connectivity index (χ2n) is 4.89. The number of carbonyl (C=O) groups is 2. The number of thioether (sulfide) groups is 1. The predicted molar refractivity (Wildman–Crippen MR) is 91.5 cm³/mol. The molecule has 0 heterocycles. The number of aliphatic carboxylic acids is 1. The summed E-state index contributed by atoms with van der Waals surface area (Å²) < 4.78 is 0.882. The zero-order chi connectivity index (χ0) is 16.1. The number of ketones is 1. The summed E-state index contributed by atoms with van der Waals surface area (Å²) >= 11 is 4.51. The summed E-state index contributed by atoms with van der Waals surface area (Å²) in [6, 6.07) is 14.5. The number of Topliss-reactive ketones (excluding diaryl/α,β-unsaturated/α-hetero) is 1. The van der Waals surface area contributed by atoms with Crippen LogP contribution in [-0.2, 0) is 4.79 Å². The molecule has 5 heteroatoms. The number of hydrogen-bond acceptors (Lipinski definition) is 3. The Hall–Kier alpha value is -1.59. The van der Waals surface area contributed by atoms with Crippen molar-refractivity contribution in [3.05, 3.63) is 64.1 Å². The molecule has 114 valence electrons. The van der Waals surface area contributed by atoms with Crippen LogP contribution in [-0.4, -0.2) is 22.1 Å². The van der Waals surface area contributed by atoms with Crippen LogP contribution in [0.5, 0.6) is 0 Å². The molecule has 2 rings (SSSR count). The molecule has 0 unspecified atom stereocenters. The van der Waals surface area contributed by atoms with Gasteiger partial charge in [0.2, 0.25) is 0 Å². The molecule has 0 spiro atoms. The van der Waals surface area contributed by atoms with Gasteiger partial charge >= 0.3 is 5.97 Å². The van der Waals surface area contributed by atoms with Crippen LogP contribution in [0.15, 0.2) is 57.9 Å². The van der Waals surface area contributed by atoms with E-state index >= 15 is 0 Å². The van der Waals surface area contributed by atoms with E-state index in [1.165, 1.54) is 11.8 Å². The molecule has 0 aromatic heterocycles. The first-order valence-corrected chi connectivity index (χ1v) is 8.38. The van der Waals surface area contributed by atoms with Crippen LogP contribution >= 0.6 is 27.7 Å². The number of hydrogen-bond donors (Lipinski definition) is 1. The van der Waals surface area contributed by atoms with Crippen LogP contribution in [0.1, 0.15) is 22.3 Å². The first-order valence-electron chi connectivity index (χ1n) is 6.70. The fourth-order valence-electron chi connectivity index (χ4n) is 1.88. The van der Waals surface area contributed by atoms with Crippen LogP contribution < -0.4 is 0 Å². The monoisotopic (exact) mass is 378 g/mol. The summed E-state index contributed by atoms with van der Waals surface area (Å²) in [5.74, 6) is -1.14. The van der Waals surface area contributed by atoms with Crippen LogP contribution in [0.3, 0.4) is 0 Å². The van der Waals surface area contributed by atoms with Gasteiger partial charge in [-0.2, -0.15) is 0 Å². The number of halogens is 1. The average Bonchev–Trinajstić information content (AvgIpc) is 2.49. The van der Waals surface area contributed by atoms with Crippen molar-refractivity contribution in [2.75, 3.05) is 0 Å². The zero-order valence-corrected chi connectivity index (χ0v) is 14.4. The van der Waals surface area contributed by atoms with E-state index in [1.807, 2.05) is 31.2 Å². The smallest absolute Gasteiger partial charge is 0.317 e. The Balaban J connectivity index is 2.08. The lowest BCUT2D eigenvalue weighted by Gasteiger charge is -2.11. The highest BCUT2D eigenvalue weighted by molar-refractivity contribution is 9.10. The van der Waals surface area contributed by atoms with E-state index in [2.05, 4.69) is 15.9 Å². The van der Waals surface area contributed by atoms with Crippen molar-refractivity contribution < 1.29 is 14.7 Å². The van der Waals surface area contributed by atoms with Gasteiger partial charge in [0, 0.05) is 21.4 Å². The fourth-order valence-corrected chi connectivity index (χ4v) is 3.10. The summed E-state index contributed by atoms with van der Waals surface area (Å²) in [6.45, 7) is 1.97. The maximum atomic E-state index is 12.2. The molecule has 0 saturated heterocycles. The van der Waals surface area contributed by atoms with Crippen molar-refractivity contribution in [2.45, 2.75) is 23.5 Å². The number of aryl methyl sites for hydroxylation is 1. The molecule has 1 atom stereocenters. The third-order valence-electron chi connectivity index (χ3n) is 3.11. The van der Waals surface area contributed by atoms with Gasteiger partial charge in [-0.15, -0.1) is 11.8 Å². The van der Waals surface area contributed by atoms with Gasteiger partial charge in [0.15, 0.2) is 5.78 Å². The molecule has 3 nitrogen and oxygen atoms in total. The topological polar surface area (TPSA) is 54.4 Å². The molecular formula is C17H15BrO3S. The molecule has 0 amide bonds. The Labute approximate surface area is 141 Å². The predicted octanol–water partition coefficient (Wildman–Crippen LogP) is 4.58. The van der Waals surface area contributed by atoms with Crippen LogP contribution in [0.4, 0.5) is 0 Å². The Morgan fingerprint density at radius 2 is 1.68 bits per heavy atom. The van der Waals surface area contributed by atoms with E-state index in [9.17, 15) is 14.7 Å². The maximum Gasteiger partial charge on any atom is 0.317 e. The Morgan fingerprint density at radius 3 is 2.23 bits per heavy atom. The van der Waals surface area contributed by atoms with Gasteiger partial charge in [-0.1, -0.05) is 45.8 Å². The summed E-state index contributed by atoms with van der Waals surface area (Å²) in [6.07, 6.45) is -0.0322. The lowest BCUT2D eigenvalue weighted by Crippen LogP contribution is -2.20. The third-order valence-corrected chi connectivity index (χ3v) is 4.84. The van der Waals surface area contributed by atoms with Gasteiger partial charge < -0.3 is 5.11 Å². The van der Waals surface area contributed by atoms with Gasteiger partial charge in [-0.3, -0.25) is 9.59 Å². The lowest BCUT2D eigenvalue weighted by molar-refractivity contribution is -0.136. The molecule has 0 aliphatic carbocycles. The van der Waals surface area contributed by atoms with Crippen molar-refractivity contribution in [2.24, 2.45) is 0 Å². The Morgan fingerprint density at radius 1 is 1.09 bits per heavy atom. The third kappa shape index (κ3) is 4.71. The molecule has 0 radical (unpaired) electrons. The van der Waals surface area contributed by atoms with Gasteiger partial charge in [-0.05, 0) is 31.2 Å². The summed E-state index contributed by atoms with van der Waals surface area (Å²) in [5.41, 5.74) is 1.64. The van der Waals surface area contributed by atoms with Gasteiger partial charge in [0.25, 0.3) is 0 Å². The minimum absolute atomic E-state index is 0.0322. The van der Waals surface area contributed by atoms with Crippen molar-refractivity contribution in [3.63, 3.8) is 0 Å². The van der Waals surface area contributed by atoms with Gasteiger partial charge in [0.05, 0.1) is 0 Å². The van der Waals surface area contributed by atoms with Crippen LogP contribution in [0, 0.1) is 6.92 Å². The Bertz CT molecular complexity index is 665. The zero-order valence-electron chi connectivity index (χ0n) is 12.0. The highest BCUT2D eigenvalue weighted by Crippen LogP contribution is 2.27. The van der Waals surface area contributed by atoms with E-state index in [0.29, 0.717) is 5.56 Å². The first kappa shape index (κ1) is 16.8. The molecule has 0 aliphatic heterocycles. The molecule has 2 aromatic carbocycles. The standard InChI is InChI=1S/C17H15BrO3S/c1-11-2-8-14(9-3-11)22-16(17(20)21)10-15(19)12-4-6-13(18)7-5-12/h2-9,16H,10H2,1H3,(H,20,21)/t16-/m1/s1. The van der Waals surface area contributed by atoms with E-state index in [0.717, 1.165) is 14.9 Å². The largest absolute Gasteiger partial charge is 0.480 e. The van der Waals surface area contributed by atoms with E-state index < -0.39 is 11.2 Å². The van der Waals surface area contributed by atoms with E-state index in [4.69, 9.17) is 0 Å². The minimum Gasteiger partial charge on any atom is -0.480 e. The summed E-state index contributed by atoms with van der Waals surface area (Å²) in [4.78, 5) is 24.5. The second-order valence-corrected chi connectivity index (χ2v) is 7.08. The average molecular weight is 379 g/mol. The van der Waals surface area contributed by atoms with Gasteiger partial charge in [-0.25, -0.2) is 0 Å².